The van der Waals surface area contributed by atoms with Crippen molar-refractivity contribution in [2.75, 3.05) is 6.54 Å². The molecule has 0 saturated carbocycles. The predicted molar refractivity (Wildman–Crippen MR) is 65.1 cm³/mol. The highest BCUT2D eigenvalue weighted by Gasteiger charge is 2.36. The van der Waals surface area contributed by atoms with E-state index in [9.17, 15) is 9.59 Å². The highest BCUT2D eigenvalue weighted by molar-refractivity contribution is 7.08. The number of likely N-dealkylation sites (tertiary alicyclic amines) is 1. The van der Waals surface area contributed by atoms with E-state index in [1.807, 2.05) is 23.8 Å². The summed E-state index contributed by atoms with van der Waals surface area (Å²) < 4.78 is 0. The molecule has 1 amide bonds. The van der Waals surface area contributed by atoms with Crippen LogP contribution >= 0.6 is 11.3 Å². The number of hydrogen-bond acceptors (Lipinski definition) is 3. The van der Waals surface area contributed by atoms with E-state index in [2.05, 4.69) is 0 Å². The normalized spacial score (nSPS) is 21.5. The molecule has 0 bridgehead atoms. The summed E-state index contributed by atoms with van der Waals surface area (Å²) in [6.07, 6.45) is 1.34. The van der Waals surface area contributed by atoms with Gasteiger partial charge >= 0.3 is 5.97 Å². The monoisotopic (exact) mass is 253 g/mol. The number of carboxylic acids is 1. The van der Waals surface area contributed by atoms with Crippen molar-refractivity contribution in [3.63, 3.8) is 0 Å². The number of amides is 1. The van der Waals surface area contributed by atoms with Crippen molar-refractivity contribution in [1.29, 1.82) is 0 Å². The summed E-state index contributed by atoms with van der Waals surface area (Å²) >= 11 is 1.55. The molecule has 92 valence electrons. The summed E-state index contributed by atoms with van der Waals surface area (Å²) in [6.45, 7) is 2.39. The number of carboxylic acid groups (broad SMARTS) is 1. The number of carbonyl (C=O) groups is 2. The van der Waals surface area contributed by atoms with Crippen LogP contribution in [-0.4, -0.2) is 34.5 Å². The summed E-state index contributed by atoms with van der Waals surface area (Å²) in [7, 11) is 0. The van der Waals surface area contributed by atoms with Crippen molar-refractivity contribution in [2.45, 2.75) is 31.7 Å². The van der Waals surface area contributed by atoms with E-state index in [1.165, 1.54) is 4.90 Å². The van der Waals surface area contributed by atoms with E-state index < -0.39 is 12.0 Å². The summed E-state index contributed by atoms with van der Waals surface area (Å²) in [4.78, 5) is 24.8. The standard InChI is InChI=1S/C12H15NO3S/c1-8(9-4-6-17-7-9)11(14)13-5-2-3-10(13)12(15)16/h4,6-8,10H,2-3,5H2,1H3,(H,15,16). The van der Waals surface area contributed by atoms with Crippen molar-refractivity contribution in [3.8, 4) is 0 Å². The Morgan fingerprint density at radius 1 is 1.59 bits per heavy atom. The van der Waals surface area contributed by atoms with Crippen LogP contribution in [0.3, 0.4) is 0 Å². The molecule has 2 heterocycles. The van der Waals surface area contributed by atoms with Crippen LogP contribution < -0.4 is 0 Å². The van der Waals surface area contributed by atoms with Gasteiger partial charge in [0.2, 0.25) is 5.91 Å². The van der Waals surface area contributed by atoms with Crippen molar-refractivity contribution >= 4 is 23.2 Å². The molecule has 0 aliphatic carbocycles. The first-order chi connectivity index (χ1) is 8.11. The van der Waals surface area contributed by atoms with Gasteiger partial charge in [-0.05, 0) is 42.2 Å². The van der Waals surface area contributed by atoms with Crippen molar-refractivity contribution in [3.05, 3.63) is 22.4 Å². The van der Waals surface area contributed by atoms with Gasteiger partial charge in [0.15, 0.2) is 0 Å². The molecule has 0 spiro atoms. The highest BCUT2D eigenvalue weighted by atomic mass is 32.1. The third-order valence-corrected chi connectivity index (χ3v) is 3.94. The molecule has 1 fully saturated rings. The Morgan fingerprint density at radius 3 is 2.94 bits per heavy atom. The molecule has 1 aromatic heterocycles. The van der Waals surface area contributed by atoms with Gasteiger partial charge in [0.25, 0.3) is 0 Å². The van der Waals surface area contributed by atoms with Crippen LogP contribution in [0.2, 0.25) is 0 Å². The van der Waals surface area contributed by atoms with Crippen molar-refractivity contribution < 1.29 is 14.7 Å². The molecule has 5 heteroatoms. The molecule has 1 aromatic rings. The first-order valence-electron chi connectivity index (χ1n) is 5.66. The summed E-state index contributed by atoms with van der Waals surface area (Å²) in [6, 6.07) is 1.28. The summed E-state index contributed by atoms with van der Waals surface area (Å²) in [5, 5.41) is 12.9. The predicted octanol–water partition coefficient (Wildman–Crippen LogP) is 1.93. The number of aliphatic carboxylic acids is 1. The molecular formula is C12H15NO3S. The third-order valence-electron chi connectivity index (χ3n) is 3.23. The van der Waals surface area contributed by atoms with Gasteiger partial charge < -0.3 is 10.0 Å². The quantitative estimate of drug-likeness (QED) is 0.895. The molecule has 1 aliphatic rings. The maximum absolute atomic E-state index is 12.2. The number of rotatable bonds is 3. The van der Waals surface area contributed by atoms with Crippen LogP contribution in [0.25, 0.3) is 0 Å². The Hall–Kier alpha value is -1.36. The third kappa shape index (κ3) is 2.34. The SMILES string of the molecule is CC(C(=O)N1CCCC1C(=O)O)c1ccsc1. The average molecular weight is 253 g/mol. The van der Waals surface area contributed by atoms with Crippen LogP contribution in [0.15, 0.2) is 16.8 Å². The maximum atomic E-state index is 12.2. The van der Waals surface area contributed by atoms with Crippen LogP contribution in [0.1, 0.15) is 31.2 Å². The molecule has 2 rings (SSSR count). The van der Waals surface area contributed by atoms with Gasteiger partial charge in [-0.1, -0.05) is 0 Å². The second kappa shape index (κ2) is 4.87. The molecule has 1 aliphatic heterocycles. The fourth-order valence-corrected chi connectivity index (χ4v) is 2.95. The van der Waals surface area contributed by atoms with Gasteiger partial charge in [0, 0.05) is 6.54 Å². The number of nitrogens with zero attached hydrogens (tertiary/aromatic N) is 1. The fourth-order valence-electron chi connectivity index (χ4n) is 2.20. The average Bonchev–Trinajstić information content (AvgIpc) is 2.97. The van der Waals surface area contributed by atoms with Crippen molar-refractivity contribution in [1.82, 2.24) is 4.90 Å². The van der Waals surface area contributed by atoms with E-state index in [1.54, 1.807) is 11.3 Å². The first kappa shape index (κ1) is 12.1. The molecule has 0 aromatic carbocycles. The smallest absolute Gasteiger partial charge is 0.326 e. The van der Waals surface area contributed by atoms with Crippen LogP contribution in [0, 0.1) is 0 Å². The van der Waals surface area contributed by atoms with E-state index in [4.69, 9.17) is 5.11 Å². The van der Waals surface area contributed by atoms with Crippen molar-refractivity contribution in [2.24, 2.45) is 0 Å². The number of carbonyl (C=O) groups excluding carboxylic acids is 1. The second-order valence-electron chi connectivity index (χ2n) is 4.31. The fraction of sp³-hybridized carbons (Fsp3) is 0.500. The Bertz CT molecular complexity index is 415. The van der Waals surface area contributed by atoms with Gasteiger partial charge in [0.1, 0.15) is 6.04 Å². The first-order valence-corrected chi connectivity index (χ1v) is 6.61. The lowest BCUT2D eigenvalue weighted by Crippen LogP contribution is -2.42. The van der Waals surface area contributed by atoms with E-state index in [0.717, 1.165) is 12.0 Å². The van der Waals surface area contributed by atoms with Gasteiger partial charge in [0.05, 0.1) is 5.92 Å². The molecule has 1 saturated heterocycles. The molecule has 2 unspecified atom stereocenters. The minimum Gasteiger partial charge on any atom is -0.480 e. The minimum atomic E-state index is -0.895. The Kier molecular flexibility index (Phi) is 3.47. The van der Waals surface area contributed by atoms with Crippen LogP contribution in [0.5, 0.6) is 0 Å². The molecule has 0 radical (unpaired) electrons. The molecule has 17 heavy (non-hydrogen) atoms. The molecule has 4 nitrogen and oxygen atoms in total. The van der Waals surface area contributed by atoms with E-state index >= 15 is 0 Å². The lowest BCUT2D eigenvalue weighted by molar-refractivity contribution is -0.148. The Balaban J connectivity index is 2.12. The van der Waals surface area contributed by atoms with Crippen LogP contribution in [-0.2, 0) is 9.59 Å². The van der Waals surface area contributed by atoms with Gasteiger partial charge in [-0.15, -0.1) is 0 Å². The molecule has 2 atom stereocenters. The zero-order valence-corrected chi connectivity index (χ0v) is 10.4. The number of thiophene rings is 1. The molecular weight excluding hydrogens is 238 g/mol. The Morgan fingerprint density at radius 2 is 2.35 bits per heavy atom. The van der Waals surface area contributed by atoms with Gasteiger partial charge in [-0.2, -0.15) is 11.3 Å². The van der Waals surface area contributed by atoms with E-state index in [0.29, 0.717) is 13.0 Å². The second-order valence-corrected chi connectivity index (χ2v) is 5.09. The lowest BCUT2D eigenvalue weighted by Gasteiger charge is -2.24. The molecule has 1 N–H and O–H groups in total. The van der Waals surface area contributed by atoms with Gasteiger partial charge in [-0.3, -0.25) is 4.79 Å². The zero-order valence-electron chi connectivity index (χ0n) is 9.63. The minimum absolute atomic E-state index is 0.0756. The summed E-state index contributed by atoms with van der Waals surface area (Å²) in [5.74, 6) is -1.22. The summed E-state index contributed by atoms with van der Waals surface area (Å²) in [5.41, 5.74) is 0.969. The lowest BCUT2D eigenvalue weighted by atomic mass is 10.0. The van der Waals surface area contributed by atoms with Crippen LogP contribution in [0.4, 0.5) is 0 Å². The Labute approximate surface area is 104 Å². The van der Waals surface area contributed by atoms with Gasteiger partial charge in [-0.25, -0.2) is 4.79 Å². The topological polar surface area (TPSA) is 57.6 Å². The zero-order chi connectivity index (χ0) is 12.4. The maximum Gasteiger partial charge on any atom is 0.326 e. The van der Waals surface area contributed by atoms with E-state index in [-0.39, 0.29) is 11.8 Å². The largest absolute Gasteiger partial charge is 0.480 e. The number of hydrogen-bond donors (Lipinski definition) is 1. The highest BCUT2D eigenvalue weighted by Crippen LogP contribution is 2.25.